The highest BCUT2D eigenvalue weighted by Crippen LogP contribution is 2.52. The highest BCUT2D eigenvalue weighted by Gasteiger charge is 2.28. The molecular formula is C74H48N2O2. The van der Waals surface area contributed by atoms with E-state index in [0.717, 1.165) is 107 Å². The van der Waals surface area contributed by atoms with E-state index in [4.69, 9.17) is 8.83 Å². The van der Waals surface area contributed by atoms with Crippen LogP contribution in [-0.2, 0) is 6.42 Å². The van der Waals surface area contributed by atoms with Gasteiger partial charge in [-0.1, -0.05) is 194 Å². The average Bonchev–Trinajstić information content (AvgIpc) is 4.27. The molecule has 2 heterocycles. The minimum atomic E-state index is 0.763. The summed E-state index contributed by atoms with van der Waals surface area (Å²) in [5.74, 6) is 0. The van der Waals surface area contributed by atoms with Crippen LogP contribution in [0.3, 0.4) is 0 Å². The van der Waals surface area contributed by atoms with Gasteiger partial charge in [-0.2, -0.15) is 0 Å². The summed E-state index contributed by atoms with van der Waals surface area (Å²) in [4.78, 5) is 4.83. The third-order valence-electron chi connectivity index (χ3n) is 16.2. The molecule has 0 atom stereocenters. The third-order valence-corrected chi connectivity index (χ3v) is 16.2. The first-order valence-corrected chi connectivity index (χ1v) is 27.0. The molecule has 0 bridgehead atoms. The molecular weight excluding hydrogens is 949 g/mol. The first-order valence-electron chi connectivity index (χ1n) is 27.0. The van der Waals surface area contributed by atoms with Crippen LogP contribution < -0.4 is 9.80 Å². The van der Waals surface area contributed by atoms with Crippen LogP contribution >= 0.6 is 0 Å². The van der Waals surface area contributed by atoms with Crippen LogP contribution in [0.15, 0.2) is 270 Å². The van der Waals surface area contributed by atoms with E-state index in [9.17, 15) is 0 Å². The molecule has 16 rings (SSSR count). The molecule has 2 aromatic heterocycles. The normalized spacial score (nSPS) is 12.5. The van der Waals surface area contributed by atoms with Crippen LogP contribution in [0.4, 0.5) is 34.1 Å². The lowest BCUT2D eigenvalue weighted by Crippen LogP contribution is -2.14. The maximum atomic E-state index is 7.22. The Morgan fingerprint density at radius 1 is 0.308 bits per heavy atom. The van der Waals surface area contributed by atoms with Crippen molar-refractivity contribution in [3.63, 3.8) is 0 Å². The van der Waals surface area contributed by atoms with E-state index in [2.05, 4.69) is 277 Å². The van der Waals surface area contributed by atoms with Crippen molar-refractivity contribution in [3.05, 3.63) is 272 Å². The number of nitrogens with zero attached hydrogens (tertiary/aromatic N) is 2. The molecule has 4 heteroatoms. The van der Waals surface area contributed by atoms with E-state index in [1.165, 1.54) is 60.3 Å². The number of para-hydroxylation sites is 4. The number of hydrogen-bond acceptors (Lipinski definition) is 4. The van der Waals surface area contributed by atoms with Gasteiger partial charge in [0.15, 0.2) is 11.2 Å². The molecule has 0 aliphatic heterocycles. The van der Waals surface area contributed by atoms with Gasteiger partial charge in [-0.05, 0) is 140 Å². The summed E-state index contributed by atoms with van der Waals surface area (Å²) in [5, 5.41) is 13.6. The van der Waals surface area contributed by atoms with Crippen LogP contribution in [0.2, 0.25) is 0 Å². The second-order valence-corrected chi connectivity index (χ2v) is 20.5. The fourth-order valence-electron chi connectivity index (χ4n) is 13.0. The zero-order valence-corrected chi connectivity index (χ0v) is 42.5. The van der Waals surface area contributed by atoms with Gasteiger partial charge in [0.05, 0.1) is 11.4 Å². The topological polar surface area (TPSA) is 32.8 Å². The number of rotatable bonds is 8. The van der Waals surface area contributed by atoms with Crippen molar-refractivity contribution in [3.8, 4) is 22.3 Å². The molecule has 1 aliphatic carbocycles. The van der Waals surface area contributed by atoms with E-state index in [0.29, 0.717) is 0 Å². The number of hydrogen-bond donors (Lipinski definition) is 0. The molecule has 0 spiro atoms. The highest BCUT2D eigenvalue weighted by atomic mass is 16.4. The van der Waals surface area contributed by atoms with Crippen LogP contribution in [0.5, 0.6) is 0 Å². The summed E-state index contributed by atoms with van der Waals surface area (Å²) in [6.07, 6.45) is 6.58. The third kappa shape index (κ3) is 6.73. The summed E-state index contributed by atoms with van der Waals surface area (Å²) in [5.41, 5.74) is 17.2. The predicted molar refractivity (Wildman–Crippen MR) is 329 cm³/mol. The number of fused-ring (bicyclic) bond motifs is 14. The van der Waals surface area contributed by atoms with Crippen molar-refractivity contribution in [2.45, 2.75) is 12.8 Å². The van der Waals surface area contributed by atoms with Gasteiger partial charge in [0.1, 0.15) is 11.2 Å². The van der Waals surface area contributed by atoms with E-state index in [1.54, 1.807) is 0 Å². The molecule has 0 amide bonds. The van der Waals surface area contributed by atoms with Crippen LogP contribution in [0, 0.1) is 0 Å². The van der Waals surface area contributed by atoms with Gasteiger partial charge in [0.25, 0.3) is 0 Å². The van der Waals surface area contributed by atoms with Crippen molar-refractivity contribution >= 4 is 127 Å². The van der Waals surface area contributed by atoms with E-state index < -0.39 is 0 Å². The monoisotopic (exact) mass is 996 g/mol. The maximum Gasteiger partial charge on any atom is 0.179 e. The molecule has 15 aromatic rings. The number of allylic oxidation sites excluding steroid dienone is 1. The second-order valence-electron chi connectivity index (χ2n) is 20.5. The number of furan rings is 2. The van der Waals surface area contributed by atoms with Gasteiger partial charge >= 0.3 is 0 Å². The van der Waals surface area contributed by atoms with E-state index in [1.807, 2.05) is 0 Å². The zero-order chi connectivity index (χ0) is 51.3. The maximum absolute atomic E-state index is 7.22. The summed E-state index contributed by atoms with van der Waals surface area (Å²) in [6, 6.07) is 92.0. The van der Waals surface area contributed by atoms with Gasteiger partial charge in [0.2, 0.25) is 0 Å². The molecule has 0 radical (unpaired) electrons. The Hall–Kier alpha value is -10.2. The summed E-state index contributed by atoms with van der Waals surface area (Å²) in [6.45, 7) is 0. The second kappa shape index (κ2) is 17.7. The Kier molecular flexibility index (Phi) is 10.0. The van der Waals surface area contributed by atoms with Gasteiger partial charge in [-0.25, -0.2) is 0 Å². The van der Waals surface area contributed by atoms with Crippen molar-refractivity contribution < 1.29 is 8.83 Å². The summed E-state index contributed by atoms with van der Waals surface area (Å²) >= 11 is 0. The van der Waals surface area contributed by atoms with Crippen molar-refractivity contribution in [2.75, 3.05) is 9.80 Å². The Morgan fingerprint density at radius 3 is 1.12 bits per heavy atom. The lowest BCUT2D eigenvalue weighted by Gasteiger charge is -2.32. The van der Waals surface area contributed by atoms with Gasteiger partial charge in [-0.3, -0.25) is 0 Å². The standard InChI is InChI=1S/C74H48N2O2/c1-5-23-49(24-6-1)75(50-25-7-2-8-26-50)71-59-37-19-15-33-55(59)67(56-34-16-20-38-60(56)71)47-41-43-63-65(45-47)77-73-69(63)53-31-13-14-32-54(53)70-64-44-42-48(46-66(64)78-74(70)73)68-57-35-17-21-39-61(57)72(62-40-22-18-36-58(62)68)76(51-27-9-3-10-28-51)52-29-11-4-12-30-52/h1-17,19-35,37-46H,18,36H2. The van der Waals surface area contributed by atoms with Crippen molar-refractivity contribution in [2.24, 2.45) is 0 Å². The van der Waals surface area contributed by atoms with Crippen LogP contribution in [-0.4, -0.2) is 0 Å². The molecule has 0 unspecified atom stereocenters. The Balaban J connectivity index is 0.895. The highest BCUT2D eigenvalue weighted by molar-refractivity contribution is 6.34. The fraction of sp³-hybridized carbons (Fsp3) is 0.0270. The van der Waals surface area contributed by atoms with Crippen LogP contribution in [0.25, 0.3) is 115 Å². The molecule has 0 fully saturated rings. The minimum Gasteiger partial charge on any atom is -0.452 e. The largest absolute Gasteiger partial charge is 0.452 e. The molecule has 366 valence electrons. The zero-order valence-electron chi connectivity index (χ0n) is 42.5. The first kappa shape index (κ1) is 44.2. The van der Waals surface area contributed by atoms with E-state index >= 15 is 0 Å². The van der Waals surface area contributed by atoms with Gasteiger partial charge in [-0.15, -0.1) is 0 Å². The van der Waals surface area contributed by atoms with Crippen molar-refractivity contribution in [1.29, 1.82) is 0 Å². The Bertz CT molecular complexity index is 4770. The van der Waals surface area contributed by atoms with Gasteiger partial charge < -0.3 is 18.6 Å². The number of anilines is 6. The van der Waals surface area contributed by atoms with Gasteiger partial charge in [0, 0.05) is 66.0 Å². The number of benzene rings is 13. The lowest BCUT2D eigenvalue weighted by molar-refractivity contribution is 0.634. The molecule has 1 aliphatic rings. The van der Waals surface area contributed by atoms with Crippen molar-refractivity contribution in [1.82, 2.24) is 0 Å². The SMILES string of the molecule is C1=Cc2c(c(-c3ccc4c(c3)oc3c5oc6cc(-c7c8ccccc8c(N(c8ccccc8)c8ccccc8)c8ccccc78)ccc6c5c5ccccc5c43)c3ccccc3c2N(c2ccccc2)c2ccccc2)CC1. The molecule has 0 saturated carbocycles. The Morgan fingerprint density at radius 2 is 0.667 bits per heavy atom. The average molecular weight is 997 g/mol. The fourth-order valence-corrected chi connectivity index (χ4v) is 13.0. The minimum absolute atomic E-state index is 0.763. The molecule has 0 N–H and O–H groups in total. The quantitative estimate of drug-likeness (QED) is 0.142. The predicted octanol–water partition coefficient (Wildman–Crippen LogP) is 21.3. The van der Waals surface area contributed by atoms with E-state index in [-0.39, 0.29) is 0 Å². The molecule has 13 aromatic carbocycles. The summed E-state index contributed by atoms with van der Waals surface area (Å²) in [7, 11) is 0. The summed E-state index contributed by atoms with van der Waals surface area (Å²) < 4.78 is 14.4. The lowest BCUT2D eigenvalue weighted by atomic mass is 9.83. The molecule has 4 nitrogen and oxygen atoms in total. The smallest absolute Gasteiger partial charge is 0.179 e. The molecule has 78 heavy (non-hydrogen) atoms. The molecule has 0 saturated heterocycles. The first-order chi connectivity index (χ1) is 38.7. The Labute approximate surface area is 450 Å². The van der Waals surface area contributed by atoms with Crippen LogP contribution in [0.1, 0.15) is 17.5 Å².